The molecule has 0 spiro atoms. The molecule has 0 aliphatic carbocycles. The largest absolute Gasteiger partial charge is 0.306 e. The Balaban J connectivity index is 1.92. The van der Waals surface area contributed by atoms with E-state index >= 15 is 0 Å². The van der Waals surface area contributed by atoms with Crippen LogP contribution in [0.5, 0.6) is 0 Å². The highest BCUT2D eigenvalue weighted by Crippen LogP contribution is 2.24. The highest BCUT2D eigenvalue weighted by atomic mass is 79.9. The summed E-state index contributed by atoms with van der Waals surface area (Å²) in [7, 11) is 2.14. The second-order valence-electron chi connectivity index (χ2n) is 4.47. The first-order valence-corrected chi connectivity index (χ1v) is 6.19. The fourth-order valence-electron chi connectivity index (χ4n) is 2.30. The Morgan fingerprint density at radius 3 is 3.00 bits per heavy atom. The molecule has 5 heteroatoms. The van der Waals surface area contributed by atoms with Crippen LogP contribution in [0.3, 0.4) is 0 Å². The van der Waals surface area contributed by atoms with Gasteiger partial charge in [0.1, 0.15) is 11.0 Å². The lowest BCUT2D eigenvalue weighted by Crippen LogP contribution is -2.45. The Hall–Kier alpha value is -0.940. The quantitative estimate of drug-likeness (QED) is 0.841. The molecule has 0 saturated carbocycles. The second-order valence-corrected chi connectivity index (χ2v) is 5.32. The number of nitrogens with zero attached hydrogens (tertiary/aromatic N) is 4. The number of fused-ring (bicyclic) bond motifs is 1. The lowest BCUT2D eigenvalue weighted by molar-refractivity contribution is 0.116. The molecule has 1 saturated heterocycles. The molecular weight excluding hydrogens is 268 g/mol. The lowest BCUT2D eigenvalue weighted by Gasteiger charge is -2.35. The number of likely N-dealkylation sites (tertiary alicyclic amines) is 1. The van der Waals surface area contributed by atoms with Gasteiger partial charge < -0.3 is 4.90 Å². The van der Waals surface area contributed by atoms with Crippen LogP contribution in [0.15, 0.2) is 22.7 Å². The van der Waals surface area contributed by atoms with Crippen molar-refractivity contribution < 1.29 is 0 Å². The molecule has 0 unspecified atom stereocenters. The number of rotatable bonds is 2. The molecule has 1 aromatic carbocycles. The van der Waals surface area contributed by atoms with E-state index in [2.05, 4.69) is 38.2 Å². The third-order valence-corrected chi connectivity index (χ3v) is 3.69. The number of aromatic nitrogens is 3. The van der Waals surface area contributed by atoms with Gasteiger partial charge in [-0.1, -0.05) is 11.3 Å². The Kier molecular flexibility index (Phi) is 2.44. The molecule has 1 fully saturated rings. The third kappa shape index (κ3) is 1.64. The smallest absolute Gasteiger partial charge is 0.114 e. The SMILES string of the molecule is CN1CC(Cn2nnc3cccc(Br)c32)C1. The van der Waals surface area contributed by atoms with Crippen molar-refractivity contribution in [2.75, 3.05) is 20.1 Å². The highest BCUT2D eigenvalue weighted by Gasteiger charge is 2.24. The lowest BCUT2D eigenvalue weighted by atomic mass is 10.0. The van der Waals surface area contributed by atoms with E-state index < -0.39 is 0 Å². The molecule has 3 rings (SSSR count). The molecule has 0 amide bonds. The predicted octanol–water partition coefficient (Wildman–Crippen LogP) is 1.76. The van der Waals surface area contributed by atoms with Crippen molar-refractivity contribution in [2.45, 2.75) is 6.54 Å². The topological polar surface area (TPSA) is 34.0 Å². The maximum absolute atomic E-state index is 4.22. The van der Waals surface area contributed by atoms with E-state index in [0.29, 0.717) is 5.92 Å². The van der Waals surface area contributed by atoms with Crippen molar-refractivity contribution in [1.29, 1.82) is 0 Å². The molecule has 1 aliphatic heterocycles. The molecule has 84 valence electrons. The Labute approximate surface area is 102 Å². The fourth-order valence-corrected chi connectivity index (χ4v) is 2.86. The van der Waals surface area contributed by atoms with Crippen LogP contribution in [0.2, 0.25) is 0 Å². The van der Waals surface area contributed by atoms with Gasteiger partial charge in [-0.2, -0.15) is 0 Å². The summed E-state index contributed by atoms with van der Waals surface area (Å²) in [6, 6.07) is 6.02. The molecule has 16 heavy (non-hydrogen) atoms. The maximum atomic E-state index is 4.22. The highest BCUT2D eigenvalue weighted by molar-refractivity contribution is 9.10. The molecule has 0 radical (unpaired) electrons. The molecule has 0 atom stereocenters. The summed E-state index contributed by atoms with van der Waals surface area (Å²) in [5, 5.41) is 8.40. The van der Waals surface area contributed by atoms with Crippen LogP contribution < -0.4 is 0 Å². The van der Waals surface area contributed by atoms with Gasteiger partial charge in [0.25, 0.3) is 0 Å². The Bertz CT molecular complexity index is 516. The van der Waals surface area contributed by atoms with E-state index in [1.807, 2.05) is 22.9 Å². The van der Waals surface area contributed by atoms with Gasteiger partial charge >= 0.3 is 0 Å². The van der Waals surface area contributed by atoms with Gasteiger partial charge in [0, 0.05) is 30.0 Å². The summed E-state index contributed by atoms with van der Waals surface area (Å²) in [6.45, 7) is 3.28. The van der Waals surface area contributed by atoms with Crippen molar-refractivity contribution in [1.82, 2.24) is 19.9 Å². The summed E-state index contributed by atoms with van der Waals surface area (Å²) in [5.74, 6) is 0.710. The Morgan fingerprint density at radius 2 is 2.25 bits per heavy atom. The van der Waals surface area contributed by atoms with E-state index in [0.717, 1.165) is 35.1 Å². The van der Waals surface area contributed by atoms with E-state index in [1.165, 1.54) is 0 Å². The van der Waals surface area contributed by atoms with Crippen LogP contribution >= 0.6 is 15.9 Å². The maximum Gasteiger partial charge on any atom is 0.114 e. The molecule has 1 aromatic heterocycles. The van der Waals surface area contributed by atoms with Crippen molar-refractivity contribution in [3.63, 3.8) is 0 Å². The second kappa shape index (κ2) is 3.82. The van der Waals surface area contributed by atoms with E-state index in [1.54, 1.807) is 0 Å². The summed E-state index contributed by atoms with van der Waals surface area (Å²) in [4.78, 5) is 2.32. The van der Waals surface area contributed by atoms with Crippen molar-refractivity contribution in [2.24, 2.45) is 5.92 Å². The first-order chi connectivity index (χ1) is 7.74. The number of hydrogen-bond acceptors (Lipinski definition) is 3. The number of halogens is 1. The van der Waals surface area contributed by atoms with Crippen LogP contribution in [0.1, 0.15) is 0 Å². The monoisotopic (exact) mass is 280 g/mol. The van der Waals surface area contributed by atoms with Crippen molar-refractivity contribution in [3.05, 3.63) is 22.7 Å². The molecule has 2 heterocycles. The zero-order valence-corrected chi connectivity index (χ0v) is 10.7. The minimum absolute atomic E-state index is 0.710. The van der Waals surface area contributed by atoms with Crippen LogP contribution in [-0.4, -0.2) is 40.0 Å². The van der Waals surface area contributed by atoms with Gasteiger partial charge in [0.2, 0.25) is 0 Å². The zero-order chi connectivity index (χ0) is 11.1. The van der Waals surface area contributed by atoms with Crippen LogP contribution in [0, 0.1) is 5.92 Å². The standard InChI is InChI=1S/C11H13BrN4/c1-15-5-8(6-15)7-16-11-9(12)3-2-4-10(11)13-14-16/h2-4,8H,5-7H2,1H3. The minimum atomic E-state index is 0.710. The van der Waals surface area contributed by atoms with Crippen LogP contribution in [0.25, 0.3) is 11.0 Å². The molecule has 0 bridgehead atoms. The number of benzene rings is 1. The van der Waals surface area contributed by atoms with Gasteiger partial charge in [0.05, 0.1) is 0 Å². The molecular formula is C11H13BrN4. The van der Waals surface area contributed by atoms with Gasteiger partial charge in [-0.3, -0.25) is 0 Å². The van der Waals surface area contributed by atoms with E-state index in [-0.39, 0.29) is 0 Å². The van der Waals surface area contributed by atoms with Gasteiger partial charge in [0.15, 0.2) is 0 Å². The molecule has 2 aromatic rings. The molecule has 0 N–H and O–H groups in total. The van der Waals surface area contributed by atoms with Gasteiger partial charge in [-0.25, -0.2) is 4.68 Å². The van der Waals surface area contributed by atoms with Crippen LogP contribution in [0.4, 0.5) is 0 Å². The molecule has 4 nitrogen and oxygen atoms in total. The first kappa shape index (κ1) is 10.2. The zero-order valence-electron chi connectivity index (χ0n) is 9.10. The number of hydrogen-bond donors (Lipinski definition) is 0. The average Bonchev–Trinajstić information content (AvgIpc) is 2.61. The summed E-state index contributed by atoms with van der Waals surface area (Å²) in [6.07, 6.45) is 0. The molecule has 1 aliphatic rings. The summed E-state index contributed by atoms with van der Waals surface area (Å²) < 4.78 is 3.08. The van der Waals surface area contributed by atoms with Crippen molar-refractivity contribution >= 4 is 27.0 Å². The summed E-state index contributed by atoms with van der Waals surface area (Å²) in [5.41, 5.74) is 2.07. The van der Waals surface area contributed by atoms with Gasteiger partial charge in [-0.05, 0) is 35.1 Å². The van der Waals surface area contributed by atoms with E-state index in [4.69, 9.17) is 0 Å². The van der Waals surface area contributed by atoms with Crippen molar-refractivity contribution in [3.8, 4) is 0 Å². The minimum Gasteiger partial charge on any atom is -0.306 e. The van der Waals surface area contributed by atoms with Crippen LogP contribution in [-0.2, 0) is 6.54 Å². The van der Waals surface area contributed by atoms with E-state index in [9.17, 15) is 0 Å². The number of para-hydroxylation sites is 1. The first-order valence-electron chi connectivity index (χ1n) is 5.40. The third-order valence-electron chi connectivity index (χ3n) is 3.05. The normalized spacial score (nSPS) is 17.9. The predicted molar refractivity (Wildman–Crippen MR) is 66.2 cm³/mol. The van der Waals surface area contributed by atoms with Gasteiger partial charge in [-0.15, -0.1) is 5.10 Å². The Morgan fingerprint density at radius 1 is 1.44 bits per heavy atom. The average molecular weight is 281 g/mol. The summed E-state index contributed by atoms with van der Waals surface area (Å²) >= 11 is 3.56. The fraction of sp³-hybridized carbons (Fsp3) is 0.455.